The van der Waals surface area contributed by atoms with Crippen molar-refractivity contribution in [3.8, 4) is 62.5 Å². The molecular weight excluding hydrogens is 893 g/mol. The van der Waals surface area contributed by atoms with Crippen molar-refractivity contribution in [3.05, 3.63) is 260 Å². The van der Waals surface area contributed by atoms with Crippen LogP contribution in [-0.2, 0) is 0 Å². The average molecular weight is 935 g/mol. The molecule has 0 radical (unpaired) electrons. The van der Waals surface area contributed by atoms with Gasteiger partial charge in [0.2, 0.25) is 0 Å². The Morgan fingerprint density at radius 3 is 1.61 bits per heavy atom. The topological polar surface area (TPSA) is 75.6 Å². The normalized spacial score (nSPS) is 11.6. The van der Waals surface area contributed by atoms with Crippen LogP contribution in [-0.4, -0.2) is 23.0 Å². The minimum Gasteiger partial charge on any atom is -0.456 e. The van der Waals surface area contributed by atoms with E-state index in [4.69, 9.17) is 19.4 Å². The summed E-state index contributed by atoms with van der Waals surface area (Å²) >= 11 is 0. The number of fused-ring (bicyclic) bond motifs is 5. The van der Waals surface area contributed by atoms with Crippen LogP contribution in [0.3, 0.4) is 0 Å². The summed E-state index contributed by atoms with van der Waals surface area (Å²) in [6.45, 7) is 0. The second-order valence-electron chi connectivity index (χ2n) is 18.2. The SMILES string of the molecule is N#Cc1cccc([Si](c2ccccc2)(c2ccccc2)c2cccc(-c3nc(-c4cc(-c5ccc6oc7ccccc7c6c5)c5ccccc5c4)nc(-c4cccc5c(-c6ccccc6)cccc45)n3)c2)c1. The van der Waals surface area contributed by atoms with Crippen molar-refractivity contribution in [2.75, 3.05) is 0 Å². The average Bonchev–Trinajstić information content (AvgIpc) is 3.84. The van der Waals surface area contributed by atoms with Crippen LogP contribution in [0.5, 0.6) is 0 Å². The van der Waals surface area contributed by atoms with Crippen LogP contribution in [0.25, 0.3) is 99.9 Å². The maximum atomic E-state index is 10.3. The fraction of sp³-hybridized carbons (Fsp3) is 0. The fourth-order valence-corrected chi connectivity index (χ4v) is 15.6. The van der Waals surface area contributed by atoms with Crippen molar-refractivity contribution in [1.29, 1.82) is 5.26 Å². The number of rotatable bonds is 9. The van der Waals surface area contributed by atoms with Gasteiger partial charge in [0, 0.05) is 27.5 Å². The van der Waals surface area contributed by atoms with Crippen molar-refractivity contribution in [1.82, 2.24) is 15.0 Å². The number of nitriles is 1. The predicted molar refractivity (Wildman–Crippen MR) is 298 cm³/mol. The Labute approximate surface area is 417 Å². The standard InChI is InChI=1S/C66H42N4OSi/c67-43-44-18-14-27-52(38-44)72(50-23-6-2-7-24-50,51-25-8-3-9-26-51)53-28-15-22-48(40-53)64-68-65(70-66(69-64)59-34-17-32-56-54(31-16-33-57(56)59)45-19-4-1-5-20-45)49-39-46-21-10-11-29-55(46)60(42-49)47-36-37-63-61(41-47)58-30-12-13-35-62(58)71-63/h1-42H. The van der Waals surface area contributed by atoms with E-state index in [1.54, 1.807) is 0 Å². The summed E-state index contributed by atoms with van der Waals surface area (Å²) in [6, 6.07) is 91.9. The van der Waals surface area contributed by atoms with Gasteiger partial charge in [-0.15, -0.1) is 0 Å². The minimum absolute atomic E-state index is 0.559. The molecule has 2 heterocycles. The van der Waals surface area contributed by atoms with Gasteiger partial charge in [0.25, 0.3) is 0 Å². The number of hydrogen-bond acceptors (Lipinski definition) is 5. The molecule has 0 amide bonds. The van der Waals surface area contributed by atoms with Crippen LogP contribution in [0.2, 0.25) is 0 Å². The van der Waals surface area contributed by atoms with Crippen molar-refractivity contribution in [2.45, 2.75) is 0 Å². The van der Waals surface area contributed by atoms with Gasteiger partial charge in [-0.2, -0.15) is 5.26 Å². The van der Waals surface area contributed by atoms with Crippen LogP contribution in [0, 0.1) is 11.3 Å². The van der Waals surface area contributed by atoms with E-state index in [-0.39, 0.29) is 0 Å². The number of nitrogens with zero attached hydrogens (tertiary/aromatic N) is 4. The summed E-state index contributed by atoms with van der Waals surface area (Å²) in [5, 5.41) is 21.4. The van der Waals surface area contributed by atoms with Crippen LogP contribution in [0.15, 0.2) is 259 Å². The van der Waals surface area contributed by atoms with Gasteiger partial charge in [-0.05, 0) is 107 Å². The number of hydrogen-bond donors (Lipinski definition) is 0. The summed E-state index contributed by atoms with van der Waals surface area (Å²) in [5.74, 6) is 1.70. The van der Waals surface area contributed by atoms with Gasteiger partial charge in [-0.25, -0.2) is 15.0 Å². The minimum atomic E-state index is -3.08. The molecule has 0 saturated carbocycles. The second-order valence-corrected chi connectivity index (χ2v) is 22.0. The lowest BCUT2D eigenvalue weighted by molar-refractivity contribution is 0.669. The molecule has 72 heavy (non-hydrogen) atoms. The molecule has 0 unspecified atom stereocenters. The van der Waals surface area contributed by atoms with Gasteiger partial charge in [0.05, 0.1) is 11.6 Å². The Bertz CT molecular complexity index is 4200. The quantitative estimate of drug-likeness (QED) is 0.106. The number of furan rings is 1. The van der Waals surface area contributed by atoms with E-state index in [1.165, 1.54) is 10.4 Å². The Morgan fingerprint density at radius 1 is 0.319 bits per heavy atom. The molecule has 2 aromatic heterocycles. The molecular formula is C66H42N4OSi. The molecule has 5 nitrogen and oxygen atoms in total. The third-order valence-corrected chi connectivity index (χ3v) is 18.8. The summed E-state index contributed by atoms with van der Waals surface area (Å²) in [5.41, 5.74) is 9.41. The van der Waals surface area contributed by atoms with Crippen LogP contribution < -0.4 is 20.7 Å². The lowest BCUT2D eigenvalue weighted by Crippen LogP contribution is -2.74. The third-order valence-electron chi connectivity index (χ3n) is 14.1. The van der Waals surface area contributed by atoms with E-state index < -0.39 is 8.07 Å². The molecule has 0 saturated heterocycles. The maximum absolute atomic E-state index is 10.3. The monoisotopic (exact) mass is 934 g/mol. The molecule has 6 heteroatoms. The van der Waals surface area contributed by atoms with Gasteiger partial charge >= 0.3 is 0 Å². The highest BCUT2D eigenvalue weighted by atomic mass is 28.3. The fourth-order valence-electron chi connectivity index (χ4n) is 10.8. The molecule has 0 N–H and O–H groups in total. The van der Waals surface area contributed by atoms with Crippen molar-refractivity contribution in [3.63, 3.8) is 0 Å². The van der Waals surface area contributed by atoms with E-state index in [9.17, 15) is 5.26 Å². The first-order chi connectivity index (χ1) is 35.6. The Balaban J connectivity index is 1.06. The van der Waals surface area contributed by atoms with E-state index in [0.29, 0.717) is 23.0 Å². The van der Waals surface area contributed by atoms with Crippen LogP contribution in [0.1, 0.15) is 5.56 Å². The molecule has 11 aromatic carbocycles. The maximum Gasteiger partial charge on any atom is 0.179 e. The summed E-state index contributed by atoms with van der Waals surface area (Å²) < 4.78 is 6.27. The molecule has 0 spiro atoms. The lowest BCUT2D eigenvalue weighted by atomic mass is 9.94. The largest absolute Gasteiger partial charge is 0.456 e. The molecule has 0 aliphatic heterocycles. The van der Waals surface area contributed by atoms with Gasteiger partial charge in [-0.3, -0.25) is 0 Å². The predicted octanol–water partition coefficient (Wildman–Crippen LogP) is 13.7. The Morgan fingerprint density at radius 2 is 0.861 bits per heavy atom. The smallest absolute Gasteiger partial charge is 0.179 e. The zero-order chi connectivity index (χ0) is 48.0. The summed E-state index contributed by atoms with van der Waals surface area (Å²) in [6.07, 6.45) is 0. The first kappa shape index (κ1) is 42.6. The zero-order valence-electron chi connectivity index (χ0n) is 38.9. The molecule has 0 fully saturated rings. The van der Waals surface area contributed by atoms with Crippen molar-refractivity contribution < 1.29 is 4.42 Å². The highest BCUT2D eigenvalue weighted by Crippen LogP contribution is 2.39. The molecule has 336 valence electrons. The Hall–Kier alpha value is -9.54. The number of benzene rings is 11. The first-order valence-electron chi connectivity index (χ1n) is 24.1. The van der Waals surface area contributed by atoms with Crippen LogP contribution in [0.4, 0.5) is 0 Å². The molecule has 13 rings (SSSR count). The molecule has 0 aliphatic rings. The summed E-state index contributed by atoms with van der Waals surface area (Å²) in [7, 11) is -3.08. The molecule has 13 aromatic rings. The van der Waals surface area contributed by atoms with Gasteiger partial charge < -0.3 is 4.42 Å². The van der Waals surface area contributed by atoms with Crippen molar-refractivity contribution >= 4 is 72.3 Å². The highest BCUT2D eigenvalue weighted by Gasteiger charge is 2.42. The molecule has 0 bridgehead atoms. The second kappa shape index (κ2) is 17.8. The Kier molecular flexibility index (Phi) is 10.5. The zero-order valence-corrected chi connectivity index (χ0v) is 39.9. The van der Waals surface area contributed by atoms with Crippen LogP contribution >= 0.6 is 0 Å². The lowest BCUT2D eigenvalue weighted by Gasteiger charge is -2.34. The van der Waals surface area contributed by atoms with E-state index >= 15 is 0 Å². The number of aromatic nitrogens is 3. The summed E-state index contributed by atoms with van der Waals surface area (Å²) in [4.78, 5) is 16.4. The molecule has 0 aliphatic carbocycles. The third kappa shape index (κ3) is 7.27. The van der Waals surface area contributed by atoms with Crippen molar-refractivity contribution in [2.24, 2.45) is 0 Å². The van der Waals surface area contributed by atoms with E-state index in [2.05, 4.69) is 237 Å². The van der Waals surface area contributed by atoms with Gasteiger partial charge in [0.1, 0.15) is 11.2 Å². The van der Waals surface area contributed by atoms with Gasteiger partial charge in [0.15, 0.2) is 25.5 Å². The first-order valence-corrected chi connectivity index (χ1v) is 26.1. The molecule has 0 atom stereocenters. The number of para-hydroxylation sites is 1. The van der Waals surface area contributed by atoms with Gasteiger partial charge in [-0.1, -0.05) is 212 Å². The van der Waals surface area contributed by atoms with E-state index in [0.717, 1.165) is 92.8 Å². The highest BCUT2D eigenvalue weighted by molar-refractivity contribution is 7.20. The van der Waals surface area contributed by atoms with E-state index in [1.807, 2.05) is 24.3 Å².